The molecule has 1 rings (SSSR count). The number of nitriles is 1. The third-order valence-electron chi connectivity index (χ3n) is 2.44. The smallest absolute Gasteiger partial charge is 0.0992 e. The molecule has 0 aliphatic rings. The molecule has 0 saturated heterocycles. The SMILES string of the molecule is CC(C)CC(CN)Nc1cc(Br)cc(C#N)c1. The van der Waals surface area contributed by atoms with Crippen molar-refractivity contribution < 1.29 is 0 Å². The lowest BCUT2D eigenvalue weighted by Gasteiger charge is -2.20. The van der Waals surface area contributed by atoms with Gasteiger partial charge < -0.3 is 11.1 Å². The molecule has 0 bridgehead atoms. The molecule has 92 valence electrons. The molecule has 3 nitrogen and oxygen atoms in total. The Hall–Kier alpha value is -1.05. The van der Waals surface area contributed by atoms with Crippen LogP contribution in [0.3, 0.4) is 0 Å². The van der Waals surface area contributed by atoms with Gasteiger partial charge in [-0.05, 0) is 30.5 Å². The van der Waals surface area contributed by atoms with Crippen LogP contribution in [0.25, 0.3) is 0 Å². The Morgan fingerprint density at radius 3 is 2.65 bits per heavy atom. The van der Waals surface area contributed by atoms with Crippen LogP contribution >= 0.6 is 15.9 Å². The van der Waals surface area contributed by atoms with Gasteiger partial charge in [-0.3, -0.25) is 0 Å². The number of benzene rings is 1. The van der Waals surface area contributed by atoms with E-state index in [9.17, 15) is 0 Å². The normalized spacial score (nSPS) is 12.2. The zero-order valence-corrected chi connectivity index (χ0v) is 11.8. The lowest BCUT2D eigenvalue weighted by atomic mass is 10.0. The third kappa shape index (κ3) is 4.76. The van der Waals surface area contributed by atoms with Gasteiger partial charge in [0.2, 0.25) is 0 Å². The monoisotopic (exact) mass is 295 g/mol. The summed E-state index contributed by atoms with van der Waals surface area (Å²) in [6.07, 6.45) is 1.02. The Labute approximate surface area is 111 Å². The molecule has 0 heterocycles. The van der Waals surface area contributed by atoms with Crippen LogP contribution in [0.2, 0.25) is 0 Å². The summed E-state index contributed by atoms with van der Waals surface area (Å²) in [7, 11) is 0. The van der Waals surface area contributed by atoms with Crippen molar-refractivity contribution in [1.82, 2.24) is 0 Å². The molecule has 0 aromatic heterocycles. The first-order valence-corrected chi connectivity index (χ1v) is 6.51. The molecule has 1 aromatic rings. The van der Waals surface area contributed by atoms with Gasteiger partial charge >= 0.3 is 0 Å². The summed E-state index contributed by atoms with van der Waals surface area (Å²) < 4.78 is 0.902. The number of anilines is 1. The minimum absolute atomic E-state index is 0.246. The summed E-state index contributed by atoms with van der Waals surface area (Å²) in [5.74, 6) is 0.596. The second kappa shape index (κ2) is 6.63. The molecule has 0 amide bonds. The summed E-state index contributed by atoms with van der Waals surface area (Å²) in [5.41, 5.74) is 7.32. The van der Waals surface area contributed by atoms with Crippen molar-refractivity contribution >= 4 is 21.6 Å². The average Bonchev–Trinajstić information content (AvgIpc) is 2.26. The molecule has 17 heavy (non-hydrogen) atoms. The van der Waals surface area contributed by atoms with Gasteiger partial charge in [0.15, 0.2) is 0 Å². The summed E-state index contributed by atoms with van der Waals surface area (Å²) >= 11 is 3.39. The minimum atomic E-state index is 0.246. The van der Waals surface area contributed by atoms with Crippen LogP contribution in [-0.2, 0) is 0 Å². The van der Waals surface area contributed by atoms with Crippen LogP contribution < -0.4 is 11.1 Å². The van der Waals surface area contributed by atoms with Crippen molar-refractivity contribution in [3.8, 4) is 6.07 Å². The number of hydrogen-bond acceptors (Lipinski definition) is 3. The van der Waals surface area contributed by atoms with Crippen LogP contribution in [0.15, 0.2) is 22.7 Å². The first kappa shape index (κ1) is 14.0. The number of hydrogen-bond donors (Lipinski definition) is 2. The molecule has 1 aromatic carbocycles. The average molecular weight is 296 g/mol. The standard InChI is InChI=1S/C13H18BrN3/c1-9(2)3-13(8-16)17-12-5-10(7-15)4-11(14)6-12/h4-6,9,13,17H,3,8,16H2,1-2H3. The van der Waals surface area contributed by atoms with Gasteiger partial charge in [0.25, 0.3) is 0 Å². The highest BCUT2D eigenvalue weighted by atomic mass is 79.9. The van der Waals surface area contributed by atoms with Crippen LogP contribution in [0.4, 0.5) is 5.69 Å². The maximum atomic E-state index is 8.90. The van der Waals surface area contributed by atoms with E-state index in [1.54, 1.807) is 6.07 Å². The Morgan fingerprint density at radius 1 is 1.41 bits per heavy atom. The molecular weight excluding hydrogens is 278 g/mol. The molecule has 0 aliphatic heterocycles. The fraction of sp³-hybridized carbons (Fsp3) is 0.462. The molecule has 0 fully saturated rings. The maximum absolute atomic E-state index is 8.90. The van der Waals surface area contributed by atoms with Crippen molar-refractivity contribution in [3.05, 3.63) is 28.2 Å². The van der Waals surface area contributed by atoms with E-state index < -0.39 is 0 Å². The third-order valence-corrected chi connectivity index (χ3v) is 2.90. The molecule has 0 aliphatic carbocycles. The number of nitrogens with two attached hydrogens (primary N) is 1. The van der Waals surface area contributed by atoms with E-state index in [1.807, 2.05) is 12.1 Å². The summed E-state index contributed by atoms with van der Waals surface area (Å²) in [5, 5.41) is 12.3. The van der Waals surface area contributed by atoms with Crippen molar-refractivity contribution in [1.29, 1.82) is 5.26 Å². The van der Waals surface area contributed by atoms with Crippen LogP contribution in [0.1, 0.15) is 25.8 Å². The largest absolute Gasteiger partial charge is 0.381 e. The van der Waals surface area contributed by atoms with E-state index in [1.165, 1.54) is 0 Å². The number of nitrogens with zero attached hydrogens (tertiary/aromatic N) is 1. The minimum Gasteiger partial charge on any atom is -0.381 e. The van der Waals surface area contributed by atoms with Crippen LogP contribution in [-0.4, -0.2) is 12.6 Å². The van der Waals surface area contributed by atoms with Gasteiger partial charge in [0, 0.05) is 22.7 Å². The van der Waals surface area contributed by atoms with E-state index in [2.05, 4.69) is 41.2 Å². The number of halogens is 1. The van der Waals surface area contributed by atoms with Gasteiger partial charge in [-0.15, -0.1) is 0 Å². The van der Waals surface area contributed by atoms with E-state index in [4.69, 9.17) is 11.0 Å². The summed E-state index contributed by atoms with van der Waals surface area (Å²) in [6, 6.07) is 7.98. The lowest BCUT2D eigenvalue weighted by Crippen LogP contribution is -2.30. The molecule has 0 radical (unpaired) electrons. The van der Waals surface area contributed by atoms with Gasteiger partial charge in [-0.2, -0.15) is 5.26 Å². The fourth-order valence-electron chi connectivity index (χ4n) is 1.76. The second-order valence-electron chi connectivity index (χ2n) is 4.55. The zero-order chi connectivity index (χ0) is 12.8. The first-order valence-electron chi connectivity index (χ1n) is 5.72. The van der Waals surface area contributed by atoms with Gasteiger partial charge in [0.1, 0.15) is 0 Å². The topological polar surface area (TPSA) is 61.8 Å². The van der Waals surface area contributed by atoms with Crippen LogP contribution in [0.5, 0.6) is 0 Å². The van der Waals surface area contributed by atoms with Crippen molar-refractivity contribution in [3.63, 3.8) is 0 Å². The predicted molar refractivity (Wildman–Crippen MR) is 74.8 cm³/mol. The lowest BCUT2D eigenvalue weighted by molar-refractivity contribution is 0.522. The molecular formula is C13H18BrN3. The maximum Gasteiger partial charge on any atom is 0.0992 e. The number of nitrogens with one attached hydrogen (secondary N) is 1. The highest BCUT2D eigenvalue weighted by molar-refractivity contribution is 9.10. The predicted octanol–water partition coefficient (Wildman–Crippen LogP) is 3.11. The second-order valence-corrected chi connectivity index (χ2v) is 5.46. The Balaban J connectivity index is 2.79. The molecule has 0 spiro atoms. The number of rotatable bonds is 5. The van der Waals surface area contributed by atoms with E-state index in [0.717, 1.165) is 16.6 Å². The Kier molecular flexibility index (Phi) is 5.46. The van der Waals surface area contributed by atoms with Gasteiger partial charge in [-0.1, -0.05) is 29.8 Å². The summed E-state index contributed by atoms with van der Waals surface area (Å²) in [4.78, 5) is 0. The van der Waals surface area contributed by atoms with Gasteiger partial charge in [-0.25, -0.2) is 0 Å². The molecule has 4 heteroatoms. The van der Waals surface area contributed by atoms with Gasteiger partial charge in [0.05, 0.1) is 11.6 Å². The zero-order valence-electron chi connectivity index (χ0n) is 10.2. The highest BCUT2D eigenvalue weighted by Gasteiger charge is 2.09. The van der Waals surface area contributed by atoms with Crippen molar-refractivity contribution in [2.45, 2.75) is 26.3 Å². The molecule has 1 atom stereocenters. The van der Waals surface area contributed by atoms with E-state index in [0.29, 0.717) is 18.0 Å². The van der Waals surface area contributed by atoms with Crippen LogP contribution in [0, 0.1) is 17.2 Å². The first-order chi connectivity index (χ1) is 8.05. The Bertz CT molecular complexity index is 410. The highest BCUT2D eigenvalue weighted by Crippen LogP contribution is 2.20. The molecule has 1 unspecified atom stereocenters. The molecule has 0 saturated carbocycles. The van der Waals surface area contributed by atoms with Crippen molar-refractivity contribution in [2.75, 3.05) is 11.9 Å². The molecule has 3 N–H and O–H groups in total. The van der Waals surface area contributed by atoms with E-state index in [-0.39, 0.29) is 6.04 Å². The quantitative estimate of drug-likeness (QED) is 0.877. The summed E-state index contributed by atoms with van der Waals surface area (Å²) in [6.45, 7) is 4.94. The van der Waals surface area contributed by atoms with Crippen molar-refractivity contribution in [2.24, 2.45) is 11.7 Å². The van der Waals surface area contributed by atoms with E-state index >= 15 is 0 Å². The Morgan fingerprint density at radius 2 is 2.12 bits per heavy atom. The fourth-order valence-corrected chi connectivity index (χ4v) is 2.25.